The van der Waals surface area contributed by atoms with Gasteiger partial charge in [-0.2, -0.15) is 5.10 Å². The van der Waals surface area contributed by atoms with E-state index < -0.39 is 11.2 Å². The lowest BCUT2D eigenvalue weighted by molar-refractivity contribution is -0.121. The molecule has 28 heavy (non-hydrogen) atoms. The molecule has 0 saturated carbocycles. The van der Waals surface area contributed by atoms with Crippen LogP contribution >= 0.6 is 0 Å². The van der Waals surface area contributed by atoms with Gasteiger partial charge in [-0.15, -0.1) is 0 Å². The van der Waals surface area contributed by atoms with Crippen molar-refractivity contribution in [2.75, 3.05) is 13.2 Å². The zero-order valence-electron chi connectivity index (χ0n) is 16.1. The molecular formula is C19H24N4O5. The van der Waals surface area contributed by atoms with Gasteiger partial charge in [-0.3, -0.25) is 14.6 Å². The number of amides is 1. The van der Waals surface area contributed by atoms with Crippen LogP contribution in [0, 0.1) is 6.92 Å². The number of hydrazone groups is 1. The number of carbonyl (C=O) groups is 1. The number of nitrogens with one attached hydrogen (secondary N) is 3. The maximum absolute atomic E-state index is 12.0. The maximum atomic E-state index is 12.0. The van der Waals surface area contributed by atoms with E-state index in [1.807, 2.05) is 13.8 Å². The first kappa shape index (κ1) is 20.9. The molecule has 3 N–H and O–H groups in total. The van der Waals surface area contributed by atoms with Crippen molar-refractivity contribution in [2.24, 2.45) is 5.10 Å². The average molecular weight is 388 g/mol. The summed E-state index contributed by atoms with van der Waals surface area (Å²) >= 11 is 0. The van der Waals surface area contributed by atoms with E-state index in [4.69, 9.17) is 9.47 Å². The lowest BCUT2D eigenvalue weighted by Gasteiger charge is -2.11. The fourth-order valence-electron chi connectivity index (χ4n) is 2.55. The molecule has 0 aliphatic heterocycles. The van der Waals surface area contributed by atoms with Crippen LogP contribution in [0.1, 0.15) is 37.1 Å². The lowest BCUT2D eigenvalue weighted by Crippen LogP contribution is -2.28. The van der Waals surface area contributed by atoms with E-state index in [1.54, 1.807) is 25.1 Å². The number of benzene rings is 1. The van der Waals surface area contributed by atoms with Crippen molar-refractivity contribution in [3.8, 4) is 11.5 Å². The van der Waals surface area contributed by atoms with Gasteiger partial charge < -0.3 is 14.5 Å². The Morgan fingerprint density at radius 1 is 1.14 bits per heavy atom. The van der Waals surface area contributed by atoms with Gasteiger partial charge in [0, 0.05) is 17.7 Å². The second kappa shape index (κ2) is 10.1. The molecule has 0 fully saturated rings. The smallest absolute Gasteiger partial charge is 0.325 e. The number of H-pyrrole nitrogens is 2. The van der Waals surface area contributed by atoms with Crippen molar-refractivity contribution >= 4 is 12.1 Å². The number of hydrogen-bond acceptors (Lipinski definition) is 6. The van der Waals surface area contributed by atoms with Gasteiger partial charge in [0.25, 0.3) is 5.56 Å². The van der Waals surface area contributed by atoms with Crippen LogP contribution in [0.3, 0.4) is 0 Å². The van der Waals surface area contributed by atoms with E-state index in [9.17, 15) is 14.4 Å². The van der Waals surface area contributed by atoms with Crippen LogP contribution in [0.5, 0.6) is 11.5 Å². The standard InChI is InChI=1S/C19H24N4O5/c1-4-27-15-8-6-13(10-16(15)28-5-2)11-20-23-17(24)9-7-14-12(3)21-19(26)22-18(14)25/h6,8,10-11H,4-5,7,9H2,1-3H3,(H,23,24)(H2,21,22,25,26)/b20-11+. The van der Waals surface area contributed by atoms with Crippen molar-refractivity contribution < 1.29 is 14.3 Å². The molecule has 2 rings (SSSR count). The Kier molecular flexibility index (Phi) is 7.55. The monoisotopic (exact) mass is 388 g/mol. The molecule has 0 aliphatic carbocycles. The van der Waals surface area contributed by atoms with Gasteiger partial charge in [-0.1, -0.05) is 0 Å². The van der Waals surface area contributed by atoms with Gasteiger partial charge in [0.1, 0.15) is 0 Å². The minimum absolute atomic E-state index is 0.0563. The second-order valence-electron chi connectivity index (χ2n) is 5.88. The largest absolute Gasteiger partial charge is 0.490 e. The number of carbonyl (C=O) groups excluding carboxylic acids is 1. The van der Waals surface area contributed by atoms with Gasteiger partial charge in [0.2, 0.25) is 5.91 Å². The molecule has 0 atom stereocenters. The third-order valence-electron chi connectivity index (χ3n) is 3.83. The number of aromatic nitrogens is 2. The Balaban J connectivity index is 1.95. The minimum atomic E-state index is -0.568. The van der Waals surface area contributed by atoms with Crippen molar-refractivity contribution in [2.45, 2.75) is 33.6 Å². The van der Waals surface area contributed by atoms with Crippen molar-refractivity contribution in [1.82, 2.24) is 15.4 Å². The van der Waals surface area contributed by atoms with Gasteiger partial charge >= 0.3 is 5.69 Å². The summed E-state index contributed by atoms with van der Waals surface area (Å²) in [5.41, 5.74) is 2.91. The normalized spacial score (nSPS) is 10.8. The highest BCUT2D eigenvalue weighted by Gasteiger charge is 2.09. The van der Waals surface area contributed by atoms with E-state index >= 15 is 0 Å². The summed E-state index contributed by atoms with van der Waals surface area (Å²) in [7, 11) is 0. The maximum Gasteiger partial charge on any atom is 0.325 e. The molecule has 2 aromatic rings. The third-order valence-corrected chi connectivity index (χ3v) is 3.83. The molecule has 0 radical (unpaired) electrons. The number of nitrogens with zero attached hydrogens (tertiary/aromatic N) is 1. The zero-order chi connectivity index (χ0) is 20.5. The number of ether oxygens (including phenoxy) is 2. The third kappa shape index (κ3) is 5.83. The van der Waals surface area contributed by atoms with E-state index in [0.717, 1.165) is 5.56 Å². The van der Waals surface area contributed by atoms with Crippen LogP contribution in [0.4, 0.5) is 0 Å². The molecule has 1 amide bonds. The molecule has 9 heteroatoms. The first-order valence-corrected chi connectivity index (χ1v) is 8.98. The van der Waals surface area contributed by atoms with E-state index in [1.165, 1.54) is 6.21 Å². The Morgan fingerprint density at radius 3 is 2.54 bits per heavy atom. The minimum Gasteiger partial charge on any atom is -0.490 e. The summed E-state index contributed by atoms with van der Waals surface area (Å²) in [5.74, 6) is 0.900. The quantitative estimate of drug-likeness (QED) is 0.440. The highest BCUT2D eigenvalue weighted by molar-refractivity contribution is 5.83. The van der Waals surface area contributed by atoms with E-state index in [0.29, 0.717) is 36.0 Å². The Bertz CT molecular complexity index is 962. The first-order chi connectivity index (χ1) is 13.4. The molecule has 1 heterocycles. The topological polar surface area (TPSA) is 126 Å². The van der Waals surface area contributed by atoms with Crippen LogP contribution in [0.15, 0.2) is 32.9 Å². The Labute approximate surface area is 161 Å². The van der Waals surface area contributed by atoms with Crippen LogP contribution in [-0.2, 0) is 11.2 Å². The molecule has 0 unspecified atom stereocenters. The summed E-state index contributed by atoms with van der Waals surface area (Å²) in [4.78, 5) is 39.5. The average Bonchev–Trinajstić information content (AvgIpc) is 2.63. The summed E-state index contributed by atoms with van der Waals surface area (Å²) in [6.45, 7) is 6.42. The summed E-state index contributed by atoms with van der Waals surface area (Å²) in [6.07, 6.45) is 1.74. The molecule has 0 bridgehead atoms. The highest BCUT2D eigenvalue weighted by Crippen LogP contribution is 2.27. The molecule has 1 aromatic carbocycles. The lowest BCUT2D eigenvalue weighted by atomic mass is 10.1. The van der Waals surface area contributed by atoms with Gasteiger partial charge in [0.05, 0.1) is 19.4 Å². The van der Waals surface area contributed by atoms with Crippen molar-refractivity contribution in [3.05, 3.63) is 55.9 Å². The molecule has 0 spiro atoms. The number of hydrogen-bond donors (Lipinski definition) is 3. The molecule has 1 aromatic heterocycles. The zero-order valence-corrected chi connectivity index (χ0v) is 16.1. The fourth-order valence-corrected chi connectivity index (χ4v) is 2.55. The van der Waals surface area contributed by atoms with Crippen LogP contribution < -0.4 is 26.1 Å². The molecular weight excluding hydrogens is 364 g/mol. The Morgan fingerprint density at radius 2 is 1.86 bits per heavy atom. The van der Waals surface area contributed by atoms with Gasteiger partial charge in [0.15, 0.2) is 11.5 Å². The predicted molar refractivity (Wildman–Crippen MR) is 105 cm³/mol. The number of aryl methyl sites for hydroxylation is 1. The van der Waals surface area contributed by atoms with Crippen LogP contribution in [0.25, 0.3) is 0 Å². The Hall–Kier alpha value is -3.36. The summed E-state index contributed by atoms with van der Waals surface area (Å²) in [6, 6.07) is 5.35. The number of rotatable bonds is 9. The van der Waals surface area contributed by atoms with Crippen molar-refractivity contribution in [3.63, 3.8) is 0 Å². The fraction of sp³-hybridized carbons (Fsp3) is 0.368. The molecule has 150 valence electrons. The predicted octanol–water partition coefficient (Wildman–Crippen LogP) is 1.25. The summed E-state index contributed by atoms with van der Waals surface area (Å²) < 4.78 is 11.0. The second-order valence-corrected chi connectivity index (χ2v) is 5.88. The molecule has 0 aliphatic rings. The van der Waals surface area contributed by atoms with Crippen LogP contribution in [-0.4, -0.2) is 35.3 Å². The van der Waals surface area contributed by atoms with Crippen LogP contribution in [0.2, 0.25) is 0 Å². The summed E-state index contributed by atoms with van der Waals surface area (Å²) in [5, 5.41) is 3.93. The molecule has 0 saturated heterocycles. The molecule has 9 nitrogen and oxygen atoms in total. The van der Waals surface area contributed by atoms with E-state index in [-0.39, 0.29) is 18.7 Å². The van der Waals surface area contributed by atoms with Gasteiger partial charge in [-0.05, 0) is 51.0 Å². The SMILES string of the molecule is CCOc1ccc(/C=N/NC(=O)CCc2c(C)[nH]c(=O)[nH]c2=O)cc1OCC. The highest BCUT2D eigenvalue weighted by atomic mass is 16.5. The van der Waals surface area contributed by atoms with E-state index in [2.05, 4.69) is 20.5 Å². The number of aromatic amines is 2. The first-order valence-electron chi connectivity index (χ1n) is 8.98. The van der Waals surface area contributed by atoms with Crippen molar-refractivity contribution in [1.29, 1.82) is 0 Å². The van der Waals surface area contributed by atoms with Gasteiger partial charge in [-0.25, -0.2) is 10.2 Å².